The number of pyridine rings is 1. The van der Waals surface area contributed by atoms with Crippen molar-refractivity contribution in [2.45, 2.75) is 71.3 Å². The van der Waals surface area contributed by atoms with E-state index in [9.17, 15) is 4.79 Å². The van der Waals surface area contributed by atoms with Gasteiger partial charge in [-0.15, -0.1) is 0 Å². The van der Waals surface area contributed by atoms with Crippen LogP contribution in [-0.4, -0.2) is 20.3 Å². The van der Waals surface area contributed by atoms with Crippen LogP contribution in [0.4, 0.5) is 0 Å². The summed E-state index contributed by atoms with van der Waals surface area (Å²) >= 11 is 0. The van der Waals surface area contributed by atoms with Gasteiger partial charge in [-0.1, -0.05) is 13.8 Å². The second-order valence-corrected chi connectivity index (χ2v) is 7.48. The second-order valence-electron chi connectivity index (χ2n) is 7.48. The number of Topliss-reactive ketones (excluding diaryl/α,β-unsaturated/α-hetero) is 1. The number of hydrogen-bond donors (Lipinski definition) is 0. The summed E-state index contributed by atoms with van der Waals surface area (Å²) in [5, 5.41) is 9.12. The number of ketones is 1. The first-order valence-corrected chi connectivity index (χ1v) is 9.38. The zero-order valence-electron chi connectivity index (χ0n) is 15.2. The standard InChI is InChI=1S/C20H26N4O/c1-14(2)12-17(25)8-3-4-9-19-23-18-11-10-15(13-21)22-20(18)24(19)16-6-5-7-16/h10-11,14,16H,3-9,12H2,1-2H3. The summed E-state index contributed by atoms with van der Waals surface area (Å²) in [5.74, 6) is 1.86. The summed E-state index contributed by atoms with van der Waals surface area (Å²) < 4.78 is 2.25. The Hall–Kier alpha value is -2.22. The van der Waals surface area contributed by atoms with Crippen molar-refractivity contribution in [2.75, 3.05) is 0 Å². The molecule has 132 valence electrons. The largest absolute Gasteiger partial charge is 0.310 e. The van der Waals surface area contributed by atoms with E-state index in [1.54, 1.807) is 6.07 Å². The first-order chi connectivity index (χ1) is 12.1. The lowest BCUT2D eigenvalue weighted by Crippen LogP contribution is -2.19. The Labute approximate surface area is 149 Å². The molecule has 0 aliphatic heterocycles. The van der Waals surface area contributed by atoms with Crippen LogP contribution in [0.5, 0.6) is 0 Å². The van der Waals surface area contributed by atoms with Gasteiger partial charge in [-0.05, 0) is 50.2 Å². The minimum Gasteiger partial charge on any atom is -0.310 e. The molecule has 2 aromatic rings. The predicted molar refractivity (Wildman–Crippen MR) is 97.1 cm³/mol. The van der Waals surface area contributed by atoms with Crippen LogP contribution in [0.3, 0.4) is 0 Å². The molecule has 25 heavy (non-hydrogen) atoms. The Morgan fingerprint density at radius 3 is 2.76 bits per heavy atom. The normalized spacial score (nSPS) is 14.6. The number of nitriles is 1. The third-order valence-electron chi connectivity index (χ3n) is 4.91. The van der Waals surface area contributed by atoms with Gasteiger partial charge in [-0.2, -0.15) is 5.26 Å². The summed E-state index contributed by atoms with van der Waals surface area (Å²) in [6.45, 7) is 4.17. The van der Waals surface area contributed by atoms with Crippen LogP contribution in [0, 0.1) is 17.2 Å². The molecular formula is C20H26N4O. The molecule has 3 rings (SSSR count). The molecule has 0 saturated heterocycles. The molecule has 0 bridgehead atoms. The Morgan fingerprint density at radius 2 is 2.12 bits per heavy atom. The average Bonchev–Trinajstić information content (AvgIpc) is 2.87. The number of carbonyl (C=O) groups is 1. The molecule has 0 N–H and O–H groups in total. The van der Waals surface area contributed by atoms with E-state index in [0.717, 1.165) is 49.1 Å². The van der Waals surface area contributed by atoms with E-state index in [1.165, 1.54) is 6.42 Å². The highest BCUT2D eigenvalue weighted by atomic mass is 16.1. The molecule has 0 spiro atoms. The molecule has 1 saturated carbocycles. The highest BCUT2D eigenvalue weighted by molar-refractivity contribution is 5.78. The monoisotopic (exact) mass is 338 g/mol. The Bertz CT molecular complexity index is 796. The number of rotatable bonds is 8. The van der Waals surface area contributed by atoms with E-state index in [-0.39, 0.29) is 0 Å². The van der Waals surface area contributed by atoms with Crippen molar-refractivity contribution >= 4 is 16.9 Å². The fraction of sp³-hybridized carbons (Fsp3) is 0.600. The highest BCUT2D eigenvalue weighted by Crippen LogP contribution is 2.35. The Balaban J connectivity index is 1.70. The fourth-order valence-corrected chi connectivity index (χ4v) is 3.45. The second kappa shape index (κ2) is 7.77. The summed E-state index contributed by atoms with van der Waals surface area (Å²) in [6.07, 6.45) is 7.64. The van der Waals surface area contributed by atoms with Crippen LogP contribution < -0.4 is 0 Å². The van der Waals surface area contributed by atoms with Crippen LogP contribution in [0.15, 0.2) is 12.1 Å². The van der Waals surface area contributed by atoms with E-state index in [4.69, 9.17) is 10.2 Å². The smallest absolute Gasteiger partial charge is 0.161 e. The number of carbonyl (C=O) groups excluding carboxylic acids is 1. The van der Waals surface area contributed by atoms with Crippen LogP contribution in [0.2, 0.25) is 0 Å². The Kier molecular flexibility index (Phi) is 5.47. The van der Waals surface area contributed by atoms with Crippen molar-refractivity contribution < 1.29 is 4.79 Å². The number of aryl methyl sites for hydroxylation is 1. The quantitative estimate of drug-likeness (QED) is 0.671. The van der Waals surface area contributed by atoms with E-state index in [2.05, 4.69) is 29.5 Å². The van der Waals surface area contributed by atoms with Crippen LogP contribution >= 0.6 is 0 Å². The molecule has 0 unspecified atom stereocenters. The third kappa shape index (κ3) is 4.07. The molecule has 5 nitrogen and oxygen atoms in total. The van der Waals surface area contributed by atoms with Crippen molar-refractivity contribution in [3.63, 3.8) is 0 Å². The van der Waals surface area contributed by atoms with Gasteiger partial charge in [0.2, 0.25) is 0 Å². The maximum Gasteiger partial charge on any atom is 0.161 e. The summed E-state index contributed by atoms with van der Waals surface area (Å²) in [4.78, 5) is 21.1. The highest BCUT2D eigenvalue weighted by Gasteiger charge is 2.25. The van der Waals surface area contributed by atoms with Gasteiger partial charge < -0.3 is 4.57 Å². The van der Waals surface area contributed by atoms with Gasteiger partial charge in [0.1, 0.15) is 28.9 Å². The molecule has 1 fully saturated rings. The number of nitrogens with zero attached hydrogens (tertiary/aromatic N) is 4. The number of unbranched alkanes of at least 4 members (excludes halogenated alkanes) is 1. The summed E-state index contributed by atoms with van der Waals surface area (Å²) in [5.41, 5.74) is 2.16. The molecule has 2 heterocycles. The lowest BCUT2D eigenvalue weighted by atomic mass is 9.92. The zero-order chi connectivity index (χ0) is 17.8. The van der Waals surface area contributed by atoms with E-state index >= 15 is 0 Å². The molecule has 2 aromatic heterocycles. The van der Waals surface area contributed by atoms with Crippen molar-refractivity contribution in [1.82, 2.24) is 14.5 Å². The van der Waals surface area contributed by atoms with Gasteiger partial charge in [0.15, 0.2) is 5.65 Å². The van der Waals surface area contributed by atoms with E-state index in [0.29, 0.717) is 36.3 Å². The first-order valence-electron chi connectivity index (χ1n) is 9.38. The van der Waals surface area contributed by atoms with Gasteiger partial charge in [-0.25, -0.2) is 9.97 Å². The predicted octanol–water partition coefficient (Wildman–Crippen LogP) is 4.36. The summed E-state index contributed by atoms with van der Waals surface area (Å²) in [7, 11) is 0. The molecule has 0 aromatic carbocycles. The summed E-state index contributed by atoms with van der Waals surface area (Å²) in [6, 6.07) is 6.21. The van der Waals surface area contributed by atoms with Crippen LogP contribution in [0.25, 0.3) is 11.2 Å². The number of imidazole rings is 1. The molecule has 5 heteroatoms. The number of fused-ring (bicyclic) bond motifs is 1. The third-order valence-corrected chi connectivity index (χ3v) is 4.91. The van der Waals surface area contributed by atoms with Crippen molar-refractivity contribution in [1.29, 1.82) is 5.26 Å². The molecule has 0 amide bonds. The lowest BCUT2D eigenvalue weighted by molar-refractivity contribution is -0.119. The number of hydrogen-bond acceptors (Lipinski definition) is 4. The SMILES string of the molecule is CC(C)CC(=O)CCCCc1nc2ccc(C#N)nc2n1C1CCC1. The van der Waals surface area contributed by atoms with Gasteiger partial charge in [0, 0.05) is 25.3 Å². The van der Waals surface area contributed by atoms with Crippen molar-refractivity contribution in [3.05, 3.63) is 23.7 Å². The van der Waals surface area contributed by atoms with Gasteiger partial charge in [-0.3, -0.25) is 4.79 Å². The molecular weight excluding hydrogens is 312 g/mol. The molecule has 0 atom stereocenters. The van der Waals surface area contributed by atoms with Crippen LogP contribution in [-0.2, 0) is 11.2 Å². The Morgan fingerprint density at radius 1 is 1.32 bits per heavy atom. The minimum absolute atomic E-state index is 0.364. The minimum atomic E-state index is 0.364. The molecule has 1 aliphatic rings. The average molecular weight is 338 g/mol. The lowest BCUT2D eigenvalue weighted by Gasteiger charge is -2.28. The van der Waals surface area contributed by atoms with Crippen LogP contribution in [0.1, 0.15) is 76.4 Å². The molecule has 0 radical (unpaired) electrons. The maximum atomic E-state index is 11.8. The first kappa shape index (κ1) is 17.6. The molecule has 1 aliphatic carbocycles. The zero-order valence-corrected chi connectivity index (χ0v) is 15.2. The van der Waals surface area contributed by atoms with E-state index < -0.39 is 0 Å². The number of aromatic nitrogens is 3. The maximum absolute atomic E-state index is 11.8. The van der Waals surface area contributed by atoms with Gasteiger partial charge >= 0.3 is 0 Å². The van der Waals surface area contributed by atoms with E-state index in [1.807, 2.05) is 6.07 Å². The fourth-order valence-electron chi connectivity index (χ4n) is 3.45. The topological polar surface area (TPSA) is 71.6 Å². The van der Waals surface area contributed by atoms with Crippen molar-refractivity contribution in [2.24, 2.45) is 5.92 Å². The van der Waals surface area contributed by atoms with Crippen molar-refractivity contribution in [3.8, 4) is 6.07 Å². The van der Waals surface area contributed by atoms with Gasteiger partial charge in [0.05, 0.1) is 0 Å². The van der Waals surface area contributed by atoms with Gasteiger partial charge in [0.25, 0.3) is 0 Å².